The molecule has 3 atom stereocenters. The average Bonchev–Trinajstić information content (AvgIpc) is 2.63. The van der Waals surface area contributed by atoms with Crippen LogP contribution in [-0.4, -0.2) is 25.0 Å². The van der Waals surface area contributed by atoms with Gasteiger partial charge in [-0.15, -0.1) is 0 Å². The minimum atomic E-state index is 0.520. The summed E-state index contributed by atoms with van der Waals surface area (Å²) in [6.07, 6.45) is 13.5. The molecule has 1 saturated heterocycles. The minimum Gasteiger partial charge on any atom is -0.306 e. The number of likely N-dealkylation sites (tertiary alicyclic amines) is 1. The van der Waals surface area contributed by atoms with Crippen LogP contribution < -0.4 is 0 Å². The molecule has 1 aromatic rings. The number of benzene rings is 1. The molecule has 1 heterocycles. The van der Waals surface area contributed by atoms with Gasteiger partial charge in [-0.05, 0) is 118 Å². The molecule has 5 fully saturated rings. The van der Waals surface area contributed by atoms with Gasteiger partial charge in [-0.1, -0.05) is 37.3 Å². The highest BCUT2D eigenvalue weighted by atomic mass is 15.1. The third kappa shape index (κ3) is 2.86. The van der Waals surface area contributed by atoms with E-state index in [1.165, 1.54) is 58.0 Å². The summed E-state index contributed by atoms with van der Waals surface area (Å²) >= 11 is 0. The summed E-state index contributed by atoms with van der Waals surface area (Å²) in [5.41, 5.74) is 2.85. The first kappa shape index (κ1) is 17.3. The summed E-state index contributed by atoms with van der Waals surface area (Å²) in [5.74, 6) is 3.93. The average molecular weight is 352 g/mol. The number of hydrogen-bond donors (Lipinski definition) is 0. The Morgan fingerprint density at radius 3 is 2.31 bits per heavy atom. The SMILES string of the molecule is CC(CC1CCN(C)CC1)C12CC3CC(CC(c4ccccc4)(C3)C1)C2. The van der Waals surface area contributed by atoms with Crippen molar-refractivity contribution in [1.29, 1.82) is 0 Å². The fourth-order valence-electron chi connectivity index (χ4n) is 8.09. The lowest BCUT2D eigenvalue weighted by molar-refractivity contribution is -0.105. The molecular formula is C25H37N. The van der Waals surface area contributed by atoms with Crippen molar-refractivity contribution >= 4 is 0 Å². The highest BCUT2D eigenvalue weighted by Gasteiger charge is 2.59. The molecular weight excluding hydrogens is 314 g/mol. The van der Waals surface area contributed by atoms with Gasteiger partial charge in [0.2, 0.25) is 0 Å². The quantitative estimate of drug-likeness (QED) is 0.653. The lowest BCUT2D eigenvalue weighted by Gasteiger charge is -2.64. The standard InChI is InChI=1S/C25H37N/c1-19(12-20-8-10-26(2)11-9-20)24-14-21-13-22(15-24)17-25(16-21,18-24)23-6-4-3-5-7-23/h3-7,19-22H,8-18H2,1-2H3. The van der Waals surface area contributed by atoms with Crippen molar-refractivity contribution < 1.29 is 0 Å². The summed E-state index contributed by atoms with van der Waals surface area (Å²) in [6, 6.07) is 11.7. The van der Waals surface area contributed by atoms with Crippen molar-refractivity contribution in [1.82, 2.24) is 4.90 Å². The molecule has 1 heteroatoms. The maximum absolute atomic E-state index is 2.64. The van der Waals surface area contributed by atoms with Crippen molar-refractivity contribution in [2.24, 2.45) is 29.1 Å². The van der Waals surface area contributed by atoms with Gasteiger partial charge in [-0.3, -0.25) is 0 Å². The molecule has 142 valence electrons. The van der Waals surface area contributed by atoms with Crippen molar-refractivity contribution in [2.45, 2.75) is 70.1 Å². The van der Waals surface area contributed by atoms with Gasteiger partial charge in [-0.25, -0.2) is 0 Å². The third-order valence-corrected chi connectivity index (χ3v) is 9.06. The summed E-state index contributed by atoms with van der Waals surface area (Å²) in [4.78, 5) is 2.52. The first-order chi connectivity index (χ1) is 12.6. The normalized spacial score (nSPS) is 41.5. The van der Waals surface area contributed by atoms with E-state index in [4.69, 9.17) is 0 Å². The number of hydrogen-bond acceptors (Lipinski definition) is 1. The van der Waals surface area contributed by atoms with Crippen LogP contribution in [0.2, 0.25) is 0 Å². The van der Waals surface area contributed by atoms with Gasteiger partial charge in [0.1, 0.15) is 0 Å². The summed E-state index contributed by atoms with van der Waals surface area (Å²) < 4.78 is 0. The Bertz CT molecular complexity index is 613. The van der Waals surface area contributed by atoms with Crippen LogP contribution >= 0.6 is 0 Å². The van der Waals surface area contributed by atoms with E-state index in [1.54, 1.807) is 18.4 Å². The topological polar surface area (TPSA) is 3.24 Å². The van der Waals surface area contributed by atoms with E-state index in [0.717, 1.165) is 23.7 Å². The van der Waals surface area contributed by atoms with Gasteiger partial charge in [0.05, 0.1) is 0 Å². The van der Waals surface area contributed by atoms with E-state index in [1.807, 2.05) is 0 Å². The molecule has 0 radical (unpaired) electrons. The zero-order chi connectivity index (χ0) is 17.8. The predicted octanol–water partition coefficient (Wildman–Crippen LogP) is 5.89. The Morgan fingerprint density at radius 2 is 1.65 bits per heavy atom. The van der Waals surface area contributed by atoms with Crippen molar-refractivity contribution in [2.75, 3.05) is 20.1 Å². The van der Waals surface area contributed by atoms with Gasteiger partial charge in [-0.2, -0.15) is 0 Å². The van der Waals surface area contributed by atoms with E-state index in [0.29, 0.717) is 10.8 Å². The molecule has 0 amide bonds. The van der Waals surface area contributed by atoms with Crippen molar-refractivity contribution in [3.05, 3.63) is 35.9 Å². The number of rotatable bonds is 4. The van der Waals surface area contributed by atoms with Crippen LogP contribution in [-0.2, 0) is 5.41 Å². The first-order valence-corrected chi connectivity index (χ1v) is 11.3. The van der Waals surface area contributed by atoms with E-state index in [9.17, 15) is 0 Å². The van der Waals surface area contributed by atoms with Crippen LogP contribution in [0.25, 0.3) is 0 Å². The molecule has 1 aromatic carbocycles. The molecule has 3 unspecified atom stereocenters. The Balaban J connectivity index is 1.38. The predicted molar refractivity (Wildman–Crippen MR) is 109 cm³/mol. The maximum Gasteiger partial charge on any atom is -0.00191 e. The summed E-state index contributed by atoms with van der Waals surface area (Å²) in [6.45, 7) is 5.29. The second kappa shape index (κ2) is 6.36. The summed E-state index contributed by atoms with van der Waals surface area (Å²) in [7, 11) is 2.29. The van der Waals surface area contributed by atoms with Crippen molar-refractivity contribution in [3.63, 3.8) is 0 Å². The Morgan fingerprint density at radius 1 is 1.00 bits per heavy atom. The molecule has 4 aliphatic carbocycles. The first-order valence-electron chi connectivity index (χ1n) is 11.3. The lowest BCUT2D eigenvalue weighted by Crippen LogP contribution is -2.56. The van der Waals surface area contributed by atoms with Gasteiger partial charge in [0.25, 0.3) is 0 Å². The van der Waals surface area contributed by atoms with Crippen molar-refractivity contribution in [3.8, 4) is 0 Å². The van der Waals surface area contributed by atoms with Gasteiger partial charge < -0.3 is 4.90 Å². The third-order valence-electron chi connectivity index (χ3n) is 9.06. The molecule has 0 spiro atoms. The molecule has 5 aliphatic rings. The molecule has 6 rings (SSSR count). The smallest absolute Gasteiger partial charge is 0.00191 e. The molecule has 4 bridgehead atoms. The zero-order valence-corrected chi connectivity index (χ0v) is 16.9. The molecule has 0 N–H and O–H groups in total. The van der Waals surface area contributed by atoms with Crippen LogP contribution in [0.4, 0.5) is 0 Å². The molecule has 26 heavy (non-hydrogen) atoms. The minimum absolute atomic E-state index is 0.520. The zero-order valence-electron chi connectivity index (χ0n) is 16.9. The Labute approximate surface area is 160 Å². The highest BCUT2D eigenvalue weighted by Crippen LogP contribution is 2.68. The second-order valence-electron chi connectivity index (χ2n) is 10.9. The second-order valence-corrected chi connectivity index (χ2v) is 10.9. The van der Waals surface area contributed by atoms with Gasteiger partial charge in [0, 0.05) is 0 Å². The lowest BCUT2D eigenvalue weighted by atomic mass is 9.40. The molecule has 1 aliphatic heterocycles. The van der Waals surface area contributed by atoms with Crippen LogP contribution in [0, 0.1) is 29.1 Å². The number of piperidine rings is 1. The van der Waals surface area contributed by atoms with Crippen LogP contribution in [0.5, 0.6) is 0 Å². The maximum atomic E-state index is 2.64. The Hall–Kier alpha value is -0.820. The fraction of sp³-hybridized carbons (Fsp3) is 0.760. The van der Waals surface area contributed by atoms with Crippen LogP contribution in [0.1, 0.15) is 70.3 Å². The van der Waals surface area contributed by atoms with Crippen LogP contribution in [0.3, 0.4) is 0 Å². The Kier molecular flexibility index (Phi) is 4.23. The van der Waals surface area contributed by atoms with Gasteiger partial charge >= 0.3 is 0 Å². The highest BCUT2D eigenvalue weighted by molar-refractivity contribution is 5.30. The van der Waals surface area contributed by atoms with E-state index < -0.39 is 0 Å². The monoisotopic (exact) mass is 351 g/mol. The largest absolute Gasteiger partial charge is 0.306 e. The van der Waals surface area contributed by atoms with Crippen LogP contribution in [0.15, 0.2) is 30.3 Å². The van der Waals surface area contributed by atoms with Gasteiger partial charge in [0.15, 0.2) is 0 Å². The summed E-state index contributed by atoms with van der Waals surface area (Å²) in [5, 5.41) is 0. The van der Waals surface area contributed by atoms with E-state index in [-0.39, 0.29) is 0 Å². The van der Waals surface area contributed by atoms with E-state index >= 15 is 0 Å². The number of nitrogens with zero attached hydrogens (tertiary/aromatic N) is 1. The molecule has 4 saturated carbocycles. The van der Waals surface area contributed by atoms with E-state index in [2.05, 4.69) is 49.2 Å². The molecule has 1 nitrogen and oxygen atoms in total. The molecule has 0 aromatic heterocycles. The fourth-order valence-corrected chi connectivity index (χ4v) is 8.09.